The first-order valence-corrected chi connectivity index (χ1v) is 7.38. The zero-order valence-electron chi connectivity index (χ0n) is 10.7. The number of benzene rings is 1. The van der Waals surface area contributed by atoms with Crippen LogP contribution in [0, 0.1) is 0 Å². The molecule has 0 saturated heterocycles. The van der Waals surface area contributed by atoms with E-state index in [1.807, 2.05) is 5.38 Å². The molecule has 0 radical (unpaired) electrons. The van der Waals surface area contributed by atoms with Crippen molar-refractivity contribution in [3.63, 3.8) is 0 Å². The normalized spacial score (nSPS) is 14.3. The number of H-pyrrole nitrogens is 1. The molecule has 3 N–H and O–H groups in total. The van der Waals surface area contributed by atoms with Crippen LogP contribution in [0.4, 0.5) is 0 Å². The standard InChI is InChI=1S/C14H17N3OS/c18-14-17-12(9-19-14)8-16-7-11-3-1-2-10-6-15-5-4-13(10)11/h1-3,9,15-16H,4-8H2,(H,17,18). The minimum Gasteiger partial charge on any atom is -0.315 e. The fourth-order valence-electron chi connectivity index (χ4n) is 2.51. The van der Waals surface area contributed by atoms with Crippen molar-refractivity contribution in [3.05, 3.63) is 55.6 Å². The molecule has 19 heavy (non-hydrogen) atoms. The molecule has 100 valence electrons. The predicted octanol–water partition coefficient (Wildman–Crippen LogP) is 1.37. The van der Waals surface area contributed by atoms with Gasteiger partial charge in [-0.1, -0.05) is 29.5 Å². The summed E-state index contributed by atoms with van der Waals surface area (Å²) in [5.41, 5.74) is 5.22. The molecule has 5 heteroatoms. The molecule has 1 aliphatic heterocycles. The van der Waals surface area contributed by atoms with Crippen LogP contribution in [0.5, 0.6) is 0 Å². The quantitative estimate of drug-likeness (QED) is 0.790. The van der Waals surface area contributed by atoms with Gasteiger partial charge in [0.15, 0.2) is 0 Å². The number of hydrogen-bond acceptors (Lipinski definition) is 4. The van der Waals surface area contributed by atoms with E-state index in [2.05, 4.69) is 33.8 Å². The number of fused-ring (bicyclic) bond motifs is 1. The van der Waals surface area contributed by atoms with Crippen LogP contribution in [-0.4, -0.2) is 11.5 Å². The first-order chi connectivity index (χ1) is 9.33. The van der Waals surface area contributed by atoms with E-state index in [-0.39, 0.29) is 4.87 Å². The summed E-state index contributed by atoms with van der Waals surface area (Å²) in [5.74, 6) is 0. The molecule has 0 spiro atoms. The third-order valence-corrected chi connectivity index (χ3v) is 4.16. The zero-order valence-corrected chi connectivity index (χ0v) is 11.5. The Labute approximate surface area is 115 Å². The Kier molecular flexibility index (Phi) is 3.77. The Balaban J connectivity index is 1.65. The molecule has 1 aromatic heterocycles. The van der Waals surface area contributed by atoms with Crippen LogP contribution < -0.4 is 15.5 Å². The number of rotatable bonds is 4. The van der Waals surface area contributed by atoms with Crippen LogP contribution >= 0.6 is 11.3 Å². The largest absolute Gasteiger partial charge is 0.315 e. The van der Waals surface area contributed by atoms with E-state index in [1.165, 1.54) is 28.0 Å². The van der Waals surface area contributed by atoms with Gasteiger partial charge in [0.2, 0.25) is 0 Å². The van der Waals surface area contributed by atoms with Crippen molar-refractivity contribution >= 4 is 11.3 Å². The second kappa shape index (κ2) is 5.69. The van der Waals surface area contributed by atoms with Crippen molar-refractivity contribution in [1.82, 2.24) is 15.6 Å². The highest BCUT2D eigenvalue weighted by atomic mass is 32.1. The average Bonchev–Trinajstić information content (AvgIpc) is 2.85. The minimum absolute atomic E-state index is 0.0139. The molecule has 4 nitrogen and oxygen atoms in total. The van der Waals surface area contributed by atoms with Crippen molar-refractivity contribution < 1.29 is 0 Å². The number of aromatic nitrogens is 1. The SMILES string of the molecule is O=c1[nH]c(CNCc2cccc3c2CCNC3)cs1. The van der Waals surface area contributed by atoms with Gasteiger partial charge in [-0.25, -0.2) is 0 Å². The fraction of sp³-hybridized carbons (Fsp3) is 0.357. The van der Waals surface area contributed by atoms with Gasteiger partial charge in [-0.2, -0.15) is 0 Å². The van der Waals surface area contributed by atoms with Gasteiger partial charge < -0.3 is 15.6 Å². The van der Waals surface area contributed by atoms with Crippen LogP contribution in [0.3, 0.4) is 0 Å². The lowest BCUT2D eigenvalue weighted by Gasteiger charge is -2.20. The molecule has 2 heterocycles. The molecule has 0 atom stereocenters. The van der Waals surface area contributed by atoms with E-state index in [1.54, 1.807) is 0 Å². The number of hydrogen-bond donors (Lipinski definition) is 3. The Hall–Kier alpha value is -1.43. The molecule has 2 aromatic rings. The van der Waals surface area contributed by atoms with Crippen LogP contribution in [-0.2, 0) is 26.1 Å². The lowest BCUT2D eigenvalue weighted by molar-refractivity contribution is 0.624. The van der Waals surface area contributed by atoms with Gasteiger partial charge in [0.25, 0.3) is 0 Å². The molecule has 0 amide bonds. The van der Waals surface area contributed by atoms with E-state index in [4.69, 9.17) is 0 Å². The van der Waals surface area contributed by atoms with Crippen molar-refractivity contribution in [2.24, 2.45) is 0 Å². The van der Waals surface area contributed by atoms with Gasteiger partial charge in [-0.05, 0) is 29.7 Å². The van der Waals surface area contributed by atoms with Crippen molar-refractivity contribution in [1.29, 1.82) is 0 Å². The molecule has 0 aliphatic carbocycles. The lowest BCUT2D eigenvalue weighted by Crippen LogP contribution is -2.25. The van der Waals surface area contributed by atoms with Crippen LogP contribution in [0.15, 0.2) is 28.4 Å². The summed E-state index contributed by atoms with van der Waals surface area (Å²) in [6.45, 7) is 3.59. The topological polar surface area (TPSA) is 56.9 Å². The van der Waals surface area contributed by atoms with Crippen molar-refractivity contribution in [2.75, 3.05) is 6.54 Å². The summed E-state index contributed by atoms with van der Waals surface area (Å²) in [4.78, 5) is 13.9. The first kappa shape index (κ1) is 12.6. The third kappa shape index (κ3) is 2.94. The van der Waals surface area contributed by atoms with Gasteiger partial charge in [0.05, 0.1) is 0 Å². The highest BCUT2D eigenvalue weighted by Crippen LogP contribution is 2.18. The summed E-state index contributed by atoms with van der Waals surface area (Å²) in [5, 5.41) is 8.67. The summed E-state index contributed by atoms with van der Waals surface area (Å²) in [6, 6.07) is 6.50. The van der Waals surface area contributed by atoms with Crippen molar-refractivity contribution in [2.45, 2.75) is 26.1 Å². The number of thiazole rings is 1. The summed E-state index contributed by atoms with van der Waals surface area (Å²) >= 11 is 1.21. The van der Waals surface area contributed by atoms with Gasteiger partial charge in [-0.15, -0.1) is 0 Å². The van der Waals surface area contributed by atoms with Crippen LogP contribution in [0.1, 0.15) is 22.4 Å². The maximum Gasteiger partial charge on any atom is 0.304 e. The zero-order chi connectivity index (χ0) is 13.1. The second-order valence-electron chi connectivity index (χ2n) is 4.76. The van der Waals surface area contributed by atoms with E-state index >= 15 is 0 Å². The maximum absolute atomic E-state index is 11.0. The van der Waals surface area contributed by atoms with Crippen LogP contribution in [0.2, 0.25) is 0 Å². The molecule has 0 bridgehead atoms. The fourth-order valence-corrected chi connectivity index (χ4v) is 3.09. The van der Waals surface area contributed by atoms with E-state index in [9.17, 15) is 4.79 Å². The summed E-state index contributed by atoms with van der Waals surface area (Å²) < 4.78 is 0. The van der Waals surface area contributed by atoms with Gasteiger partial charge in [0, 0.05) is 30.7 Å². The number of nitrogens with one attached hydrogen (secondary N) is 3. The molecule has 3 rings (SSSR count). The molecular formula is C14H17N3OS. The molecular weight excluding hydrogens is 258 g/mol. The first-order valence-electron chi connectivity index (χ1n) is 6.51. The van der Waals surface area contributed by atoms with Crippen molar-refractivity contribution in [3.8, 4) is 0 Å². The predicted molar refractivity (Wildman–Crippen MR) is 77.3 cm³/mol. The Morgan fingerprint density at radius 3 is 3.11 bits per heavy atom. The monoisotopic (exact) mass is 275 g/mol. The summed E-state index contributed by atoms with van der Waals surface area (Å²) in [6.07, 6.45) is 1.10. The van der Waals surface area contributed by atoms with Gasteiger partial charge in [0.1, 0.15) is 0 Å². The number of aromatic amines is 1. The van der Waals surface area contributed by atoms with Gasteiger partial charge in [-0.3, -0.25) is 4.79 Å². The smallest absolute Gasteiger partial charge is 0.304 e. The molecule has 0 saturated carbocycles. The third-order valence-electron chi connectivity index (χ3n) is 3.44. The van der Waals surface area contributed by atoms with E-state index in [0.717, 1.165) is 31.7 Å². The highest BCUT2D eigenvalue weighted by Gasteiger charge is 2.11. The lowest BCUT2D eigenvalue weighted by atomic mass is 9.95. The van der Waals surface area contributed by atoms with E-state index < -0.39 is 0 Å². The maximum atomic E-state index is 11.0. The van der Waals surface area contributed by atoms with Crippen LogP contribution in [0.25, 0.3) is 0 Å². The second-order valence-corrected chi connectivity index (χ2v) is 5.60. The highest BCUT2D eigenvalue weighted by molar-refractivity contribution is 7.07. The minimum atomic E-state index is 0.0139. The van der Waals surface area contributed by atoms with Gasteiger partial charge >= 0.3 is 4.87 Å². The molecule has 0 fully saturated rings. The molecule has 0 unspecified atom stereocenters. The molecule has 1 aliphatic rings. The Bertz CT molecular complexity index is 617. The van der Waals surface area contributed by atoms with E-state index in [0.29, 0.717) is 6.54 Å². The average molecular weight is 275 g/mol. The Morgan fingerprint density at radius 2 is 2.26 bits per heavy atom. The Morgan fingerprint density at radius 1 is 1.32 bits per heavy atom. The molecule has 1 aromatic carbocycles. The summed E-state index contributed by atoms with van der Waals surface area (Å²) in [7, 11) is 0.